The number of carbonyl (C=O) groups is 2. The standard InChI is InChI=1S/C30H36N2O4/c1-22(2)20-31-30(34)26(17-23-11-7-5-8-12-23)32(21-24-13-9-6-10-14-24)29(33)19-25-15-16-27(35-3)28(18-25)36-4/h5-16,18,22,26H,17,19-21H2,1-4H3,(H,31,34)/t26-/m1/s1. The fourth-order valence-electron chi connectivity index (χ4n) is 4.02. The molecule has 3 aromatic carbocycles. The molecule has 0 fully saturated rings. The van der Waals surface area contributed by atoms with Gasteiger partial charge in [0.2, 0.25) is 11.8 Å². The Morgan fingerprint density at radius 3 is 2.00 bits per heavy atom. The van der Waals surface area contributed by atoms with E-state index in [0.717, 1.165) is 16.7 Å². The van der Waals surface area contributed by atoms with E-state index in [1.54, 1.807) is 25.2 Å². The van der Waals surface area contributed by atoms with Gasteiger partial charge in [-0.15, -0.1) is 0 Å². The lowest BCUT2D eigenvalue weighted by Crippen LogP contribution is -2.51. The summed E-state index contributed by atoms with van der Waals surface area (Å²) in [6.45, 7) is 4.99. The third-order valence-electron chi connectivity index (χ3n) is 5.95. The van der Waals surface area contributed by atoms with Crippen molar-refractivity contribution in [2.24, 2.45) is 5.92 Å². The Morgan fingerprint density at radius 1 is 0.806 bits per heavy atom. The van der Waals surface area contributed by atoms with Gasteiger partial charge in [0.05, 0.1) is 20.6 Å². The van der Waals surface area contributed by atoms with Crippen LogP contribution in [0.5, 0.6) is 11.5 Å². The molecule has 3 rings (SSSR count). The Bertz CT molecular complexity index is 1120. The predicted octanol–water partition coefficient (Wildman–Crippen LogP) is 4.66. The minimum absolute atomic E-state index is 0.133. The molecule has 6 heteroatoms. The summed E-state index contributed by atoms with van der Waals surface area (Å²) in [5.41, 5.74) is 2.75. The SMILES string of the molecule is COc1ccc(CC(=O)N(Cc2ccccc2)[C@H](Cc2ccccc2)C(=O)NCC(C)C)cc1OC. The van der Waals surface area contributed by atoms with Gasteiger partial charge in [-0.05, 0) is 34.7 Å². The number of rotatable bonds is 12. The van der Waals surface area contributed by atoms with Crippen molar-refractivity contribution in [2.45, 2.75) is 39.3 Å². The van der Waals surface area contributed by atoms with Gasteiger partial charge >= 0.3 is 0 Å². The molecular formula is C30H36N2O4. The largest absolute Gasteiger partial charge is 0.493 e. The summed E-state index contributed by atoms with van der Waals surface area (Å²) in [6, 6.07) is 24.4. The van der Waals surface area contributed by atoms with Crippen molar-refractivity contribution in [3.8, 4) is 11.5 Å². The van der Waals surface area contributed by atoms with Gasteiger partial charge in [0.1, 0.15) is 6.04 Å². The molecule has 3 aromatic rings. The first-order valence-electron chi connectivity index (χ1n) is 12.3. The molecule has 1 atom stereocenters. The Kier molecular flexibility index (Phi) is 9.92. The van der Waals surface area contributed by atoms with Crippen molar-refractivity contribution in [1.29, 1.82) is 0 Å². The van der Waals surface area contributed by atoms with E-state index in [9.17, 15) is 9.59 Å². The summed E-state index contributed by atoms with van der Waals surface area (Å²) >= 11 is 0. The number of benzene rings is 3. The number of ether oxygens (including phenoxy) is 2. The van der Waals surface area contributed by atoms with E-state index in [-0.39, 0.29) is 18.2 Å². The Hall–Kier alpha value is -3.80. The van der Waals surface area contributed by atoms with Crippen molar-refractivity contribution >= 4 is 11.8 Å². The van der Waals surface area contributed by atoms with E-state index in [1.807, 2.05) is 72.8 Å². The third-order valence-corrected chi connectivity index (χ3v) is 5.95. The maximum atomic E-state index is 13.8. The summed E-state index contributed by atoms with van der Waals surface area (Å²) in [5, 5.41) is 3.05. The second kappa shape index (κ2) is 13.3. The first-order valence-corrected chi connectivity index (χ1v) is 12.3. The minimum atomic E-state index is -0.654. The summed E-state index contributed by atoms with van der Waals surface area (Å²) < 4.78 is 10.8. The van der Waals surface area contributed by atoms with Gasteiger partial charge < -0.3 is 19.7 Å². The van der Waals surface area contributed by atoms with Gasteiger partial charge in [-0.1, -0.05) is 80.6 Å². The van der Waals surface area contributed by atoms with Crippen LogP contribution in [0.2, 0.25) is 0 Å². The average molecular weight is 489 g/mol. The molecule has 190 valence electrons. The van der Waals surface area contributed by atoms with Crippen LogP contribution in [0.4, 0.5) is 0 Å². The molecule has 36 heavy (non-hydrogen) atoms. The molecule has 2 amide bonds. The fourth-order valence-corrected chi connectivity index (χ4v) is 4.02. The summed E-state index contributed by atoms with van der Waals surface area (Å²) in [6.07, 6.45) is 0.561. The second-order valence-corrected chi connectivity index (χ2v) is 9.22. The number of carbonyl (C=O) groups excluding carboxylic acids is 2. The Labute approximate surface area is 214 Å². The Morgan fingerprint density at radius 2 is 1.42 bits per heavy atom. The van der Waals surface area contributed by atoms with Crippen LogP contribution in [0.1, 0.15) is 30.5 Å². The highest BCUT2D eigenvalue weighted by atomic mass is 16.5. The summed E-state index contributed by atoms with van der Waals surface area (Å²) in [5.74, 6) is 1.19. The number of amides is 2. The lowest BCUT2D eigenvalue weighted by Gasteiger charge is -2.32. The third kappa shape index (κ3) is 7.60. The van der Waals surface area contributed by atoms with E-state index in [1.165, 1.54) is 0 Å². The predicted molar refractivity (Wildman–Crippen MR) is 142 cm³/mol. The lowest BCUT2D eigenvalue weighted by atomic mass is 10.0. The van der Waals surface area contributed by atoms with Gasteiger partial charge in [0, 0.05) is 19.5 Å². The van der Waals surface area contributed by atoms with E-state index >= 15 is 0 Å². The van der Waals surface area contributed by atoms with Crippen molar-refractivity contribution in [1.82, 2.24) is 10.2 Å². The van der Waals surface area contributed by atoms with Crippen LogP contribution in [0.25, 0.3) is 0 Å². The van der Waals surface area contributed by atoms with E-state index in [4.69, 9.17) is 9.47 Å². The van der Waals surface area contributed by atoms with Crippen molar-refractivity contribution in [2.75, 3.05) is 20.8 Å². The van der Waals surface area contributed by atoms with Crippen molar-refractivity contribution in [3.05, 3.63) is 95.6 Å². The number of nitrogens with zero attached hydrogens (tertiary/aromatic N) is 1. The first kappa shape index (κ1) is 26.8. The molecule has 0 saturated heterocycles. The first-order chi connectivity index (χ1) is 17.4. The molecule has 0 unspecified atom stereocenters. The van der Waals surface area contributed by atoms with Gasteiger partial charge in [-0.25, -0.2) is 0 Å². The van der Waals surface area contributed by atoms with Gasteiger partial charge in [0.15, 0.2) is 11.5 Å². The molecule has 0 aromatic heterocycles. The van der Waals surface area contributed by atoms with Crippen LogP contribution in [0.3, 0.4) is 0 Å². The van der Waals surface area contributed by atoms with Crippen LogP contribution in [-0.4, -0.2) is 43.5 Å². The number of nitrogens with one attached hydrogen (secondary N) is 1. The smallest absolute Gasteiger partial charge is 0.243 e. The molecule has 0 aliphatic carbocycles. The maximum Gasteiger partial charge on any atom is 0.243 e. The van der Waals surface area contributed by atoms with Gasteiger partial charge in [-0.3, -0.25) is 9.59 Å². The zero-order valence-corrected chi connectivity index (χ0v) is 21.6. The molecule has 0 saturated carbocycles. The number of methoxy groups -OCH3 is 2. The summed E-state index contributed by atoms with van der Waals surface area (Å²) in [4.78, 5) is 29.0. The minimum Gasteiger partial charge on any atom is -0.493 e. The van der Waals surface area contributed by atoms with Crippen molar-refractivity contribution in [3.63, 3.8) is 0 Å². The molecule has 6 nitrogen and oxygen atoms in total. The van der Waals surface area contributed by atoms with Crippen LogP contribution >= 0.6 is 0 Å². The zero-order valence-electron chi connectivity index (χ0n) is 21.6. The molecule has 0 spiro atoms. The highest BCUT2D eigenvalue weighted by Gasteiger charge is 2.30. The number of hydrogen-bond donors (Lipinski definition) is 1. The Balaban J connectivity index is 1.95. The van der Waals surface area contributed by atoms with E-state index in [2.05, 4.69) is 19.2 Å². The molecule has 0 radical (unpaired) electrons. The normalized spacial score (nSPS) is 11.6. The van der Waals surface area contributed by atoms with Crippen LogP contribution in [0.15, 0.2) is 78.9 Å². The highest BCUT2D eigenvalue weighted by Crippen LogP contribution is 2.28. The fraction of sp³-hybridized carbons (Fsp3) is 0.333. The molecule has 0 aliphatic heterocycles. The zero-order chi connectivity index (χ0) is 25.9. The molecular weight excluding hydrogens is 452 g/mol. The summed E-state index contributed by atoms with van der Waals surface area (Å²) in [7, 11) is 3.15. The van der Waals surface area contributed by atoms with Gasteiger partial charge in [-0.2, -0.15) is 0 Å². The quantitative estimate of drug-likeness (QED) is 0.403. The van der Waals surface area contributed by atoms with Crippen LogP contribution in [0, 0.1) is 5.92 Å². The molecule has 0 bridgehead atoms. The van der Waals surface area contributed by atoms with Crippen LogP contribution < -0.4 is 14.8 Å². The van der Waals surface area contributed by atoms with E-state index < -0.39 is 6.04 Å². The van der Waals surface area contributed by atoms with Gasteiger partial charge in [0.25, 0.3) is 0 Å². The van der Waals surface area contributed by atoms with Crippen molar-refractivity contribution < 1.29 is 19.1 Å². The monoisotopic (exact) mass is 488 g/mol. The van der Waals surface area contributed by atoms with Crippen LogP contribution in [-0.2, 0) is 29.0 Å². The number of hydrogen-bond acceptors (Lipinski definition) is 4. The highest BCUT2D eigenvalue weighted by molar-refractivity contribution is 5.89. The topological polar surface area (TPSA) is 67.9 Å². The van der Waals surface area contributed by atoms with E-state index in [0.29, 0.717) is 36.9 Å². The second-order valence-electron chi connectivity index (χ2n) is 9.22. The molecule has 0 heterocycles. The molecule has 1 N–H and O–H groups in total. The molecule has 0 aliphatic rings. The average Bonchev–Trinajstić information content (AvgIpc) is 2.90. The lowest BCUT2D eigenvalue weighted by molar-refractivity contribution is -0.140. The maximum absolute atomic E-state index is 13.8.